The fourth-order valence-electron chi connectivity index (χ4n) is 2.30. The summed E-state index contributed by atoms with van der Waals surface area (Å²) in [6.45, 7) is 8.09. The van der Waals surface area contributed by atoms with Crippen molar-refractivity contribution in [1.82, 2.24) is 0 Å². The highest BCUT2D eigenvalue weighted by Gasteiger charge is 2.51. The lowest BCUT2D eigenvalue weighted by Crippen LogP contribution is -2.41. The van der Waals surface area contributed by atoms with Gasteiger partial charge < -0.3 is 9.31 Å². The minimum absolute atomic E-state index is 0.00593. The molecule has 0 amide bonds. The summed E-state index contributed by atoms with van der Waals surface area (Å²) in [6, 6.07) is 7.88. The molecule has 5 nitrogen and oxygen atoms in total. The van der Waals surface area contributed by atoms with Crippen molar-refractivity contribution < 1.29 is 17.7 Å². The smallest absolute Gasteiger partial charge is 0.399 e. The number of benzene rings is 1. The van der Waals surface area contributed by atoms with Crippen molar-refractivity contribution in [2.75, 3.05) is 5.75 Å². The van der Waals surface area contributed by atoms with E-state index in [1.54, 1.807) is 0 Å². The molecule has 2 N–H and O–H groups in total. The first-order valence-corrected chi connectivity index (χ1v) is 9.17. The summed E-state index contributed by atoms with van der Waals surface area (Å²) in [5, 5.41) is 5.00. The van der Waals surface area contributed by atoms with E-state index in [4.69, 9.17) is 14.4 Å². The SMILES string of the molecule is CC1(C)OB(c2ccc(CCCS(N)(=O)=O)cc2)OC1(C)C. The monoisotopic (exact) mass is 325 g/mol. The lowest BCUT2D eigenvalue weighted by molar-refractivity contribution is 0.00578. The zero-order valence-electron chi connectivity index (χ0n) is 13.6. The molecule has 1 aromatic rings. The highest BCUT2D eigenvalue weighted by molar-refractivity contribution is 7.89. The van der Waals surface area contributed by atoms with E-state index in [2.05, 4.69) is 0 Å². The standard InChI is InChI=1S/C15H24BNO4S/c1-14(2)15(3,4)21-16(20-14)13-9-7-12(8-10-13)6-5-11-22(17,18)19/h7-10H,5-6,11H2,1-4H3,(H2,17,18,19). The third-order valence-corrected chi connectivity index (χ3v) is 5.26. The fourth-order valence-corrected chi connectivity index (χ4v) is 2.84. The zero-order valence-corrected chi connectivity index (χ0v) is 14.4. The molecule has 0 bridgehead atoms. The maximum atomic E-state index is 10.9. The summed E-state index contributed by atoms with van der Waals surface area (Å²) in [5.74, 6) is 0.00593. The minimum atomic E-state index is -3.38. The van der Waals surface area contributed by atoms with Crippen LogP contribution in [0, 0.1) is 0 Å². The van der Waals surface area contributed by atoms with Gasteiger partial charge in [-0.15, -0.1) is 0 Å². The van der Waals surface area contributed by atoms with E-state index in [1.807, 2.05) is 52.0 Å². The van der Waals surface area contributed by atoms with Gasteiger partial charge in [0.2, 0.25) is 10.0 Å². The largest absolute Gasteiger partial charge is 0.494 e. The molecule has 0 aliphatic carbocycles. The molecule has 0 spiro atoms. The van der Waals surface area contributed by atoms with Crippen LogP contribution >= 0.6 is 0 Å². The predicted octanol–water partition coefficient (Wildman–Crippen LogP) is 1.21. The second kappa shape index (κ2) is 5.96. The third-order valence-electron chi connectivity index (χ3n) is 4.40. The summed E-state index contributed by atoms with van der Waals surface area (Å²) < 4.78 is 33.8. The average molecular weight is 325 g/mol. The summed E-state index contributed by atoms with van der Waals surface area (Å²) in [6.07, 6.45) is 1.20. The molecule has 0 atom stereocenters. The van der Waals surface area contributed by atoms with Crippen LogP contribution in [0.15, 0.2) is 24.3 Å². The van der Waals surface area contributed by atoms with Crippen molar-refractivity contribution in [2.45, 2.75) is 51.7 Å². The van der Waals surface area contributed by atoms with Crippen molar-refractivity contribution in [1.29, 1.82) is 0 Å². The molecule has 7 heteroatoms. The quantitative estimate of drug-likeness (QED) is 0.825. The summed E-state index contributed by atoms with van der Waals surface area (Å²) in [5.41, 5.74) is 1.33. The molecular formula is C15H24BNO4S. The molecule has 2 rings (SSSR count). The highest BCUT2D eigenvalue weighted by atomic mass is 32.2. The Labute approximate surface area is 133 Å². The van der Waals surface area contributed by atoms with E-state index in [0.29, 0.717) is 12.8 Å². The molecular weight excluding hydrogens is 301 g/mol. The Hall–Kier alpha value is -0.885. The van der Waals surface area contributed by atoms with Crippen molar-refractivity contribution in [2.24, 2.45) is 5.14 Å². The van der Waals surface area contributed by atoms with E-state index >= 15 is 0 Å². The van der Waals surface area contributed by atoms with E-state index in [1.165, 1.54) is 0 Å². The maximum absolute atomic E-state index is 10.9. The Kier molecular flexibility index (Phi) is 4.73. The number of rotatable bonds is 5. The van der Waals surface area contributed by atoms with Gasteiger partial charge in [0.05, 0.1) is 17.0 Å². The lowest BCUT2D eigenvalue weighted by atomic mass is 9.79. The molecule has 0 unspecified atom stereocenters. The molecule has 1 saturated heterocycles. The van der Waals surface area contributed by atoms with Crippen LogP contribution in [-0.4, -0.2) is 32.5 Å². The number of sulfonamides is 1. The molecule has 0 aromatic heterocycles. The van der Waals surface area contributed by atoms with Gasteiger partial charge in [-0.3, -0.25) is 0 Å². The zero-order chi connectivity index (χ0) is 16.6. The molecule has 1 aromatic carbocycles. The first-order chi connectivity index (χ1) is 10.0. The van der Waals surface area contributed by atoms with Gasteiger partial charge in [-0.1, -0.05) is 24.3 Å². The number of hydrogen-bond donors (Lipinski definition) is 1. The molecule has 1 fully saturated rings. The first kappa shape index (κ1) is 17.5. The number of hydrogen-bond acceptors (Lipinski definition) is 4. The van der Waals surface area contributed by atoms with Gasteiger partial charge >= 0.3 is 7.12 Å². The Morgan fingerprint density at radius 1 is 1.05 bits per heavy atom. The topological polar surface area (TPSA) is 78.6 Å². The summed E-state index contributed by atoms with van der Waals surface area (Å²) in [4.78, 5) is 0. The van der Waals surface area contributed by atoms with Crippen LogP contribution in [0.3, 0.4) is 0 Å². The molecule has 1 heterocycles. The Balaban J connectivity index is 1.98. The van der Waals surface area contributed by atoms with Crippen LogP contribution in [0.1, 0.15) is 39.7 Å². The Morgan fingerprint density at radius 3 is 2.00 bits per heavy atom. The summed E-state index contributed by atoms with van der Waals surface area (Å²) in [7, 11) is -3.75. The van der Waals surface area contributed by atoms with Crippen LogP contribution in [0.4, 0.5) is 0 Å². The summed E-state index contributed by atoms with van der Waals surface area (Å²) >= 11 is 0. The number of aryl methyl sites for hydroxylation is 1. The van der Waals surface area contributed by atoms with E-state index < -0.39 is 10.0 Å². The normalized spacial score (nSPS) is 20.3. The van der Waals surface area contributed by atoms with Gasteiger partial charge in [-0.25, -0.2) is 13.6 Å². The van der Waals surface area contributed by atoms with Crippen LogP contribution in [0.25, 0.3) is 0 Å². The number of nitrogens with two attached hydrogens (primary N) is 1. The van der Waals surface area contributed by atoms with Crippen LogP contribution < -0.4 is 10.6 Å². The van der Waals surface area contributed by atoms with Gasteiger partial charge in [0.25, 0.3) is 0 Å². The van der Waals surface area contributed by atoms with Gasteiger partial charge in [-0.2, -0.15) is 0 Å². The van der Waals surface area contributed by atoms with Crippen molar-refractivity contribution in [3.63, 3.8) is 0 Å². The maximum Gasteiger partial charge on any atom is 0.494 e. The number of primary sulfonamides is 1. The Morgan fingerprint density at radius 2 is 1.55 bits per heavy atom. The van der Waals surface area contributed by atoms with E-state index in [9.17, 15) is 8.42 Å². The Bertz CT molecular complexity index is 609. The molecule has 1 aliphatic heterocycles. The van der Waals surface area contributed by atoms with Crippen molar-refractivity contribution in [3.8, 4) is 0 Å². The molecule has 122 valence electrons. The minimum Gasteiger partial charge on any atom is -0.399 e. The highest BCUT2D eigenvalue weighted by Crippen LogP contribution is 2.36. The van der Waals surface area contributed by atoms with Crippen LogP contribution in [-0.2, 0) is 25.8 Å². The van der Waals surface area contributed by atoms with E-state index in [0.717, 1.165) is 11.0 Å². The van der Waals surface area contributed by atoms with Gasteiger partial charge in [0.15, 0.2) is 0 Å². The molecule has 0 radical (unpaired) electrons. The van der Waals surface area contributed by atoms with Crippen LogP contribution in [0.2, 0.25) is 0 Å². The third kappa shape index (κ3) is 4.10. The molecule has 22 heavy (non-hydrogen) atoms. The van der Waals surface area contributed by atoms with Gasteiger partial charge in [0.1, 0.15) is 0 Å². The molecule has 0 saturated carbocycles. The van der Waals surface area contributed by atoms with Gasteiger partial charge in [0, 0.05) is 0 Å². The van der Waals surface area contributed by atoms with Gasteiger partial charge in [-0.05, 0) is 51.6 Å². The average Bonchev–Trinajstić information content (AvgIpc) is 2.58. The van der Waals surface area contributed by atoms with Crippen molar-refractivity contribution in [3.05, 3.63) is 29.8 Å². The second-order valence-electron chi connectivity index (χ2n) is 6.80. The van der Waals surface area contributed by atoms with Crippen molar-refractivity contribution >= 4 is 22.6 Å². The predicted molar refractivity (Wildman–Crippen MR) is 88.5 cm³/mol. The lowest BCUT2D eigenvalue weighted by Gasteiger charge is -2.32. The fraction of sp³-hybridized carbons (Fsp3) is 0.600. The van der Waals surface area contributed by atoms with E-state index in [-0.39, 0.29) is 24.1 Å². The second-order valence-corrected chi connectivity index (χ2v) is 8.53. The van der Waals surface area contributed by atoms with Crippen LogP contribution in [0.5, 0.6) is 0 Å². The first-order valence-electron chi connectivity index (χ1n) is 7.45. The molecule has 1 aliphatic rings.